The molecule has 3 rings (SSSR count). The second kappa shape index (κ2) is 9.12. The number of pyridine rings is 2. The van der Waals surface area contributed by atoms with E-state index in [1.165, 1.54) is 23.6 Å². The van der Waals surface area contributed by atoms with Gasteiger partial charge in [-0.1, -0.05) is 35.3 Å². The minimum absolute atomic E-state index is 0.254. The van der Waals surface area contributed by atoms with Gasteiger partial charge in [0, 0.05) is 23.9 Å². The van der Waals surface area contributed by atoms with Crippen LogP contribution in [0.1, 0.15) is 25.3 Å². The van der Waals surface area contributed by atoms with Gasteiger partial charge in [-0.2, -0.15) is 0 Å². The molecule has 3 aromatic heterocycles. The van der Waals surface area contributed by atoms with Gasteiger partial charge in [-0.05, 0) is 30.2 Å². The quantitative estimate of drug-likeness (QED) is 0.638. The first-order chi connectivity index (χ1) is 11.7. The molecule has 0 N–H and O–H groups in total. The Morgan fingerprint density at radius 1 is 1.21 bits per heavy atom. The Kier molecular flexibility index (Phi) is 6.87. The molecular weight excluding hydrogens is 374 g/mol. The van der Waals surface area contributed by atoms with Crippen LogP contribution in [0.5, 0.6) is 0 Å². The van der Waals surface area contributed by atoms with Gasteiger partial charge in [0.25, 0.3) is 0 Å². The predicted molar refractivity (Wildman–Crippen MR) is 96.6 cm³/mol. The molecule has 0 amide bonds. The van der Waals surface area contributed by atoms with Crippen molar-refractivity contribution in [3.8, 4) is 0 Å². The normalized spacial score (nSPS) is 10.2. The van der Waals surface area contributed by atoms with E-state index in [2.05, 4.69) is 37.2 Å². The van der Waals surface area contributed by atoms with Gasteiger partial charge in [0.15, 0.2) is 5.65 Å². The van der Waals surface area contributed by atoms with Crippen LogP contribution in [0.2, 0.25) is 0 Å². The van der Waals surface area contributed by atoms with Crippen molar-refractivity contribution in [1.29, 1.82) is 0 Å². The third kappa shape index (κ3) is 4.61. The lowest BCUT2D eigenvalue weighted by Gasteiger charge is -2.06. The highest BCUT2D eigenvalue weighted by Gasteiger charge is 2.10. The van der Waals surface area contributed by atoms with Gasteiger partial charge in [0.1, 0.15) is 5.39 Å². The number of nitrogens with zero attached hydrogens (tertiary/aromatic N) is 3. The number of hydrogen-bond acceptors (Lipinski definition) is 5. The van der Waals surface area contributed by atoms with Crippen LogP contribution in [0, 0.1) is 0 Å². The first-order valence-electron chi connectivity index (χ1n) is 7.61. The second-order valence-corrected chi connectivity index (χ2v) is 5.81. The van der Waals surface area contributed by atoms with Crippen LogP contribution >= 0.6 is 15.9 Å². The van der Waals surface area contributed by atoms with Crippen LogP contribution in [0.15, 0.2) is 56.9 Å². The van der Waals surface area contributed by atoms with Crippen LogP contribution in [0.4, 0.5) is 0 Å². The Hall–Kier alpha value is -2.28. The zero-order valence-corrected chi connectivity index (χ0v) is 14.9. The van der Waals surface area contributed by atoms with Crippen molar-refractivity contribution in [2.45, 2.75) is 26.3 Å². The van der Waals surface area contributed by atoms with Crippen molar-refractivity contribution in [3.05, 3.63) is 69.4 Å². The van der Waals surface area contributed by atoms with Gasteiger partial charge >= 0.3 is 11.4 Å². The molecule has 0 fully saturated rings. The van der Waals surface area contributed by atoms with Crippen LogP contribution in [-0.2, 0) is 6.54 Å². The van der Waals surface area contributed by atoms with Crippen molar-refractivity contribution in [2.75, 3.05) is 5.33 Å². The van der Waals surface area contributed by atoms with Crippen LogP contribution in [-0.4, -0.2) is 19.9 Å². The Morgan fingerprint density at radius 2 is 2.00 bits per heavy atom. The topological polar surface area (TPSA) is 78.0 Å². The number of alkyl halides is 1. The Morgan fingerprint density at radius 3 is 2.62 bits per heavy atom. The first kappa shape index (κ1) is 18.1. The Bertz CT molecular complexity index is 889. The Balaban J connectivity index is 0.000000368. The molecule has 0 aromatic carbocycles. The summed E-state index contributed by atoms with van der Waals surface area (Å²) in [6, 6.07) is 6.81. The van der Waals surface area contributed by atoms with E-state index in [4.69, 9.17) is 0 Å². The number of hydrogen-bond donors (Lipinski definition) is 0. The van der Waals surface area contributed by atoms with Crippen molar-refractivity contribution < 1.29 is 4.42 Å². The summed E-state index contributed by atoms with van der Waals surface area (Å²) in [4.78, 5) is 31.4. The maximum absolute atomic E-state index is 11.8. The number of fused-ring (bicyclic) bond motifs is 1. The molecule has 3 heterocycles. The van der Waals surface area contributed by atoms with Crippen molar-refractivity contribution >= 4 is 27.0 Å². The number of halogens is 1. The van der Waals surface area contributed by atoms with E-state index < -0.39 is 11.4 Å². The second-order valence-electron chi connectivity index (χ2n) is 5.02. The van der Waals surface area contributed by atoms with Gasteiger partial charge in [-0.25, -0.2) is 14.6 Å². The van der Waals surface area contributed by atoms with E-state index >= 15 is 0 Å². The highest BCUT2D eigenvalue weighted by molar-refractivity contribution is 9.09. The molecule has 0 bridgehead atoms. The minimum Gasteiger partial charge on any atom is -0.372 e. The van der Waals surface area contributed by atoms with Crippen LogP contribution in [0.25, 0.3) is 11.0 Å². The molecule has 0 radical (unpaired) electrons. The maximum atomic E-state index is 11.8. The van der Waals surface area contributed by atoms with E-state index in [0.717, 1.165) is 10.9 Å². The molecule has 0 aliphatic heterocycles. The number of rotatable bonds is 4. The van der Waals surface area contributed by atoms with Gasteiger partial charge < -0.3 is 4.42 Å². The largest absolute Gasteiger partial charge is 0.423 e. The van der Waals surface area contributed by atoms with Crippen LogP contribution < -0.4 is 11.4 Å². The fraction of sp³-hybridized carbons (Fsp3) is 0.294. The molecule has 0 saturated heterocycles. The summed E-state index contributed by atoms with van der Waals surface area (Å²) in [6.45, 7) is 2.44. The summed E-state index contributed by atoms with van der Waals surface area (Å²) in [7, 11) is 0. The van der Waals surface area contributed by atoms with E-state index in [-0.39, 0.29) is 11.9 Å². The van der Waals surface area contributed by atoms with E-state index in [1.54, 1.807) is 30.6 Å². The predicted octanol–water partition coefficient (Wildman–Crippen LogP) is 2.97. The maximum Gasteiger partial charge on any atom is 0.423 e. The number of unbranched alkanes of at least 4 members (excludes halogenated alkanes) is 1. The van der Waals surface area contributed by atoms with Crippen molar-refractivity contribution in [3.63, 3.8) is 0 Å². The van der Waals surface area contributed by atoms with Crippen molar-refractivity contribution in [2.24, 2.45) is 0 Å². The molecule has 0 unspecified atom stereocenters. The third-order valence-electron chi connectivity index (χ3n) is 3.21. The van der Waals surface area contributed by atoms with E-state index in [0.29, 0.717) is 5.65 Å². The molecule has 3 aromatic rings. The summed E-state index contributed by atoms with van der Waals surface area (Å²) >= 11 is 3.31. The first-order valence-corrected chi connectivity index (χ1v) is 8.73. The van der Waals surface area contributed by atoms with Crippen LogP contribution in [0.3, 0.4) is 0 Å². The highest BCUT2D eigenvalue weighted by atomic mass is 79.9. The lowest BCUT2D eigenvalue weighted by Crippen LogP contribution is -2.26. The van der Waals surface area contributed by atoms with E-state index in [1.807, 2.05) is 6.07 Å². The molecule has 0 aliphatic carbocycles. The SMILES string of the molecule is CCCCBr.O=c1oc(=O)n(Cc2cccnc2)c2ncccc12. The highest BCUT2D eigenvalue weighted by Crippen LogP contribution is 2.06. The summed E-state index contributed by atoms with van der Waals surface area (Å²) in [5.41, 5.74) is 0.466. The molecule has 7 heteroatoms. The zero-order valence-electron chi connectivity index (χ0n) is 13.3. The molecule has 0 aliphatic rings. The summed E-state index contributed by atoms with van der Waals surface area (Å²) in [6.07, 6.45) is 7.42. The lowest BCUT2D eigenvalue weighted by atomic mass is 10.3. The minimum atomic E-state index is -0.722. The van der Waals surface area contributed by atoms with Gasteiger partial charge in [-0.15, -0.1) is 0 Å². The fourth-order valence-electron chi connectivity index (χ4n) is 1.99. The molecule has 6 nitrogen and oxygen atoms in total. The van der Waals surface area contributed by atoms with Crippen molar-refractivity contribution in [1.82, 2.24) is 14.5 Å². The molecule has 0 atom stereocenters. The lowest BCUT2D eigenvalue weighted by molar-refractivity contribution is 0.423. The zero-order chi connectivity index (χ0) is 17.4. The van der Waals surface area contributed by atoms with Gasteiger partial charge in [0.05, 0.1) is 6.54 Å². The monoisotopic (exact) mass is 391 g/mol. The summed E-state index contributed by atoms with van der Waals surface area (Å²) in [5, 5.41) is 1.44. The molecule has 0 spiro atoms. The average Bonchev–Trinajstić information content (AvgIpc) is 2.61. The number of aromatic nitrogens is 3. The molecule has 24 heavy (non-hydrogen) atoms. The molecular formula is C17H18BrN3O3. The third-order valence-corrected chi connectivity index (χ3v) is 3.77. The molecule has 126 valence electrons. The van der Waals surface area contributed by atoms with Gasteiger partial charge in [-0.3, -0.25) is 9.55 Å². The fourth-order valence-corrected chi connectivity index (χ4v) is 2.56. The summed E-state index contributed by atoms with van der Waals surface area (Å²) < 4.78 is 6.00. The standard InChI is InChI=1S/C13H9N3O3.C4H9Br/c17-12-10-4-2-6-15-11(10)16(13(18)19-12)8-9-3-1-5-14-7-9;1-2-3-4-5/h1-7H,8H2;2-4H2,1H3. The smallest absolute Gasteiger partial charge is 0.372 e. The average molecular weight is 392 g/mol. The van der Waals surface area contributed by atoms with Gasteiger partial charge in [0.2, 0.25) is 0 Å². The summed E-state index contributed by atoms with van der Waals surface area (Å²) in [5.74, 6) is -0.722. The molecule has 0 saturated carbocycles. The van der Waals surface area contributed by atoms with E-state index in [9.17, 15) is 9.59 Å². The Labute approximate surface area is 147 Å².